The Kier molecular flexibility index (Phi) is 41.2. The van der Waals surface area contributed by atoms with Crippen molar-refractivity contribution in [1.29, 1.82) is 0 Å². The Labute approximate surface area is 728 Å². The topological polar surface area (TPSA) is 26.3 Å². The first-order chi connectivity index (χ1) is 55.6. The SMILES string of the molecule is CCCCC(CC)Cc1csc(-c2sc(-c3sc(-c4sc(-c5sc(-c6sc(-c7sc(-c8sc(-c9ccc(C(=O)OC)cc9)cc8CC(CC)CCCC)cc7CC(CC)CCCC)cc6CC(CC)CCCC)cc5CC(CC)CCCC)cc4CC(CC)CCCC)cc3CC(CC)CCCC)cc2CC(CC)CCCC)c1. The largest absolute Gasteiger partial charge is 0.465 e. The van der Waals surface area contributed by atoms with Gasteiger partial charge in [0.15, 0.2) is 0 Å². The van der Waals surface area contributed by atoms with Gasteiger partial charge in [0.05, 0.1) is 12.7 Å². The number of unbranched alkanes of at least 4 members (excludes halogenated alkanes) is 8. The Bertz CT molecular complexity index is 4190. The van der Waals surface area contributed by atoms with E-state index in [0.29, 0.717) is 47.0 Å². The Balaban J connectivity index is 1.26. The van der Waals surface area contributed by atoms with Crippen LogP contribution >= 0.6 is 90.7 Å². The molecule has 0 fully saturated rings. The Morgan fingerprint density at radius 1 is 0.272 bits per heavy atom. The highest BCUT2D eigenvalue weighted by molar-refractivity contribution is 7.32. The third kappa shape index (κ3) is 26.4. The summed E-state index contributed by atoms with van der Waals surface area (Å²) in [4.78, 5) is 35.3. The average Bonchev–Trinajstić information content (AvgIpc) is 1.58. The number of carbonyl (C=O) groups excluding carboxylic acids is 1. The Morgan fingerprint density at radius 3 is 0.702 bits per heavy atom. The number of benzene rings is 1. The van der Waals surface area contributed by atoms with E-state index in [2.05, 4.69) is 245 Å². The fourth-order valence-corrected chi connectivity index (χ4v) is 28.1. The minimum absolute atomic E-state index is 0.285. The van der Waals surface area contributed by atoms with Crippen molar-refractivity contribution < 1.29 is 9.53 Å². The van der Waals surface area contributed by atoms with Gasteiger partial charge in [0.2, 0.25) is 0 Å². The first-order valence-corrected chi connectivity index (χ1v) is 53.4. The smallest absolute Gasteiger partial charge is 0.337 e. The van der Waals surface area contributed by atoms with E-state index in [-0.39, 0.29) is 5.97 Å². The van der Waals surface area contributed by atoms with Crippen molar-refractivity contribution >= 4 is 96.7 Å². The lowest BCUT2D eigenvalue weighted by Gasteiger charge is -2.15. The van der Waals surface area contributed by atoms with E-state index in [9.17, 15) is 4.79 Å². The molecule has 0 saturated heterocycles. The molecule has 9 rings (SSSR count). The van der Waals surface area contributed by atoms with Crippen molar-refractivity contribution in [2.24, 2.45) is 47.3 Å². The molecule has 0 N–H and O–H groups in total. The van der Waals surface area contributed by atoms with Gasteiger partial charge in [-0.15, -0.1) is 90.7 Å². The molecular formula is C104H152O2S8. The molecule has 114 heavy (non-hydrogen) atoms. The summed E-state index contributed by atoms with van der Waals surface area (Å²) in [5.41, 5.74) is 14.4. The van der Waals surface area contributed by atoms with Crippen LogP contribution in [0.1, 0.15) is 371 Å². The summed E-state index contributed by atoms with van der Waals surface area (Å²) in [6.07, 6.45) is 49.7. The lowest BCUT2D eigenvalue weighted by Crippen LogP contribution is -2.04. The quantitative estimate of drug-likeness (QED) is 0.0355. The molecule has 0 aliphatic heterocycles. The van der Waals surface area contributed by atoms with Crippen LogP contribution in [-0.4, -0.2) is 13.1 Å². The molecule has 0 aliphatic carbocycles. The maximum Gasteiger partial charge on any atom is 0.337 e. The zero-order valence-corrected chi connectivity index (χ0v) is 81.0. The summed E-state index contributed by atoms with van der Waals surface area (Å²) in [7, 11) is 1.48. The van der Waals surface area contributed by atoms with Gasteiger partial charge in [0, 0.05) is 73.2 Å². The number of hydrogen-bond donors (Lipinski definition) is 0. The van der Waals surface area contributed by atoms with Gasteiger partial charge in [0.25, 0.3) is 0 Å². The van der Waals surface area contributed by atoms with E-state index in [0.717, 1.165) is 44.4 Å². The minimum Gasteiger partial charge on any atom is -0.465 e. The Morgan fingerprint density at radius 2 is 0.482 bits per heavy atom. The molecule has 0 bridgehead atoms. The highest BCUT2D eigenvalue weighted by Gasteiger charge is 2.31. The monoisotopic (exact) mass is 1690 g/mol. The fraction of sp³-hybridized carbons (Fsp3) is 0.625. The molecule has 8 heterocycles. The van der Waals surface area contributed by atoms with Gasteiger partial charge < -0.3 is 4.74 Å². The summed E-state index contributed by atoms with van der Waals surface area (Å²) in [5.74, 6) is 5.08. The second-order valence-electron chi connectivity index (χ2n) is 34.6. The molecule has 0 spiro atoms. The van der Waals surface area contributed by atoms with Crippen molar-refractivity contribution in [3.05, 3.63) is 128 Å². The number of esters is 1. The second-order valence-corrected chi connectivity index (χ2v) is 42.9. The fourth-order valence-electron chi connectivity index (χ4n) is 17.9. The molecule has 0 radical (unpaired) electrons. The van der Waals surface area contributed by atoms with Gasteiger partial charge in [-0.3, -0.25) is 0 Å². The first kappa shape index (κ1) is 94.1. The number of hydrogen-bond acceptors (Lipinski definition) is 10. The normalized spacial score (nSPS) is 14.1. The molecule has 9 aromatic rings. The molecule has 0 amide bonds. The van der Waals surface area contributed by atoms with Gasteiger partial charge in [-0.25, -0.2) is 4.79 Å². The van der Waals surface area contributed by atoms with Gasteiger partial charge in [-0.2, -0.15) is 0 Å². The van der Waals surface area contributed by atoms with Crippen molar-refractivity contribution in [3.63, 3.8) is 0 Å². The van der Waals surface area contributed by atoms with Crippen LogP contribution in [0.2, 0.25) is 0 Å². The van der Waals surface area contributed by atoms with Crippen LogP contribution in [0.15, 0.2) is 78.2 Å². The number of thiophene rings is 8. The molecule has 0 aliphatic rings. The third-order valence-electron chi connectivity index (χ3n) is 25.9. The van der Waals surface area contributed by atoms with E-state index in [1.807, 2.05) is 34.8 Å². The highest BCUT2D eigenvalue weighted by Crippen LogP contribution is 2.56. The standard InChI is InChI=1S/C104H152O2S8/c1-18-34-42-71(26-9)54-79-62-90(107-70-79)97-83(56-73(28-11)44-36-20-3)64-92(109-97)99-85(58-75(30-13)46-38-22-5)66-94(111-99)101-87(60-77(32-15)48-40-24-7)68-96(113-101)103-88(61-78(33-16)49-41-25-8)69-95(114-103)102-86(59-76(31-14)47-39-23-6)67-93(112-102)100-84(57-74(29-12)45-37-21-4)65-91(110-100)98-82(55-72(27-10)43-35-19-2)63-89(108-98)80-50-52-81(53-51-80)104(105)106-17/h50-53,62-78H,18-49,54-61H2,1-17H3. The summed E-state index contributed by atoms with van der Waals surface area (Å²) < 4.78 is 5.17. The maximum absolute atomic E-state index is 12.7. The highest BCUT2D eigenvalue weighted by atomic mass is 32.1. The van der Waals surface area contributed by atoms with Crippen LogP contribution in [0.4, 0.5) is 0 Å². The summed E-state index contributed by atoms with van der Waals surface area (Å²) in [6, 6.07) is 29.9. The zero-order valence-electron chi connectivity index (χ0n) is 74.5. The predicted molar refractivity (Wildman–Crippen MR) is 520 cm³/mol. The van der Waals surface area contributed by atoms with Crippen LogP contribution in [0.5, 0.6) is 0 Å². The van der Waals surface area contributed by atoms with Crippen LogP contribution in [0.25, 0.3) is 78.7 Å². The summed E-state index contributed by atoms with van der Waals surface area (Å²) in [5, 5.41) is 2.54. The van der Waals surface area contributed by atoms with E-state index in [4.69, 9.17) is 4.74 Å². The minimum atomic E-state index is -0.285. The van der Waals surface area contributed by atoms with Gasteiger partial charge in [-0.05, 0) is 215 Å². The third-order valence-corrected chi connectivity index (χ3v) is 36.4. The summed E-state index contributed by atoms with van der Waals surface area (Å²) in [6.45, 7) is 38.7. The lowest BCUT2D eigenvalue weighted by atomic mass is 9.90. The van der Waals surface area contributed by atoms with Crippen molar-refractivity contribution in [3.8, 4) is 78.7 Å². The van der Waals surface area contributed by atoms with Gasteiger partial charge in [-0.1, -0.05) is 328 Å². The first-order valence-electron chi connectivity index (χ1n) is 46.8. The van der Waals surface area contributed by atoms with Crippen LogP contribution in [0, 0.1) is 47.3 Å². The number of ether oxygens (including phenoxy) is 1. The average molecular weight is 1690 g/mol. The second kappa shape index (κ2) is 49.9. The van der Waals surface area contributed by atoms with E-state index in [1.165, 1.54) is 285 Å². The van der Waals surface area contributed by atoms with Crippen molar-refractivity contribution in [2.75, 3.05) is 7.11 Å². The van der Waals surface area contributed by atoms with Crippen molar-refractivity contribution in [2.45, 2.75) is 368 Å². The maximum atomic E-state index is 12.7. The van der Waals surface area contributed by atoms with Crippen LogP contribution < -0.4 is 0 Å². The van der Waals surface area contributed by atoms with E-state index in [1.54, 1.807) is 63.3 Å². The molecular weight excluding hydrogens is 1540 g/mol. The van der Waals surface area contributed by atoms with Crippen molar-refractivity contribution in [1.82, 2.24) is 0 Å². The molecule has 8 aromatic heterocycles. The molecule has 628 valence electrons. The molecule has 8 unspecified atom stereocenters. The Hall–Kier alpha value is -3.71. The van der Waals surface area contributed by atoms with Crippen LogP contribution in [0.3, 0.4) is 0 Å². The van der Waals surface area contributed by atoms with Gasteiger partial charge >= 0.3 is 5.97 Å². The van der Waals surface area contributed by atoms with Crippen LogP contribution in [-0.2, 0) is 56.1 Å². The molecule has 1 aromatic carbocycles. The number of rotatable bonds is 57. The molecule has 10 heteroatoms. The van der Waals surface area contributed by atoms with E-state index >= 15 is 0 Å². The molecule has 2 nitrogen and oxygen atoms in total. The number of carbonyl (C=O) groups is 1. The molecule has 8 atom stereocenters. The summed E-state index contributed by atoms with van der Waals surface area (Å²) >= 11 is 17.0. The number of methoxy groups -OCH3 is 1. The predicted octanol–water partition coefficient (Wildman–Crippen LogP) is 37.4. The lowest BCUT2D eigenvalue weighted by molar-refractivity contribution is 0.0600. The van der Waals surface area contributed by atoms with E-state index < -0.39 is 0 Å². The molecule has 0 saturated carbocycles. The van der Waals surface area contributed by atoms with Gasteiger partial charge in [0.1, 0.15) is 0 Å². The zero-order chi connectivity index (χ0) is 81.5.